The second-order valence-corrected chi connectivity index (χ2v) is 5.20. The second kappa shape index (κ2) is 7.13. The Morgan fingerprint density at radius 2 is 2.21 bits per heavy atom. The number of carbonyl (C=O) groups excluding carboxylic acids is 1. The van der Waals surface area contributed by atoms with Crippen molar-refractivity contribution in [3.8, 4) is 0 Å². The van der Waals surface area contributed by atoms with E-state index >= 15 is 0 Å². The number of carboxylic acids is 1. The van der Waals surface area contributed by atoms with E-state index in [0.717, 1.165) is 0 Å². The summed E-state index contributed by atoms with van der Waals surface area (Å²) >= 11 is 5.70. The predicted octanol–water partition coefficient (Wildman–Crippen LogP) is 1.54. The molecule has 1 aromatic heterocycles. The summed E-state index contributed by atoms with van der Waals surface area (Å²) in [6.45, 7) is 4.19. The molecule has 1 atom stereocenters. The molecule has 0 saturated carbocycles. The molecule has 1 rings (SSSR count). The number of carbonyl (C=O) groups is 2. The molecule has 1 aromatic rings. The van der Waals surface area contributed by atoms with Crippen LogP contribution in [0.1, 0.15) is 26.7 Å². The first-order chi connectivity index (χ1) is 8.88. The Balaban J connectivity index is 2.42. The molecular formula is C12H18ClN3O3. The van der Waals surface area contributed by atoms with Gasteiger partial charge in [0.25, 0.3) is 0 Å². The van der Waals surface area contributed by atoms with E-state index in [2.05, 4.69) is 10.4 Å². The normalized spacial score (nSPS) is 12.4. The van der Waals surface area contributed by atoms with Crippen molar-refractivity contribution in [1.29, 1.82) is 0 Å². The van der Waals surface area contributed by atoms with Crippen molar-refractivity contribution < 1.29 is 14.7 Å². The average Bonchev–Trinajstić information content (AvgIpc) is 2.71. The van der Waals surface area contributed by atoms with Gasteiger partial charge in [-0.3, -0.25) is 9.48 Å². The molecule has 1 heterocycles. The molecule has 0 aromatic carbocycles. The smallest absolute Gasteiger partial charge is 0.326 e. The molecule has 7 heteroatoms. The standard InChI is InChI=1S/C12H18ClN3O3/c1-8(2)5-10(12(18)19)15-11(17)3-4-16-7-9(13)6-14-16/h6-8,10H,3-5H2,1-2H3,(H,15,17)(H,18,19). The van der Waals surface area contributed by atoms with Gasteiger partial charge in [0.05, 0.1) is 11.2 Å². The van der Waals surface area contributed by atoms with Gasteiger partial charge >= 0.3 is 5.97 Å². The number of carboxylic acid groups (broad SMARTS) is 1. The van der Waals surface area contributed by atoms with E-state index in [0.29, 0.717) is 18.0 Å². The lowest BCUT2D eigenvalue weighted by molar-refractivity contribution is -0.142. The van der Waals surface area contributed by atoms with Crippen LogP contribution < -0.4 is 5.32 Å². The van der Waals surface area contributed by atoms with Gasteiger partial charge in [-0.25, -0.2) is 4.79 Å². The third-order valence-corrected chi connectivity index (χ3v) is 2.71. The lowest BCUT2D eigenvalue weighted by Crippen LogP contribution is -2.41. The van der Waals surface area contributed by atoms with Gasteiger partial charge in [-0.15, -0.1) is 0 Å². The van der Waals surface area contributed by atoms with Crippen LogP contribution in [-0.4, -0.2) is 32.8 Å². The SMILES string of the molecule is CC(C)CC(NC(=O)CCn1cc(Cl)cn1)C(=O)O. The van der Waals surface area contributed by atoms with E-state index in [-0.39, 0.29) is 18.2 Å². The van der Waals surface area contributed by atoms with Crippen molar-refractivity contribution in [3.63, 3.8) is 0 Å². The van der Waals surface area contributed by atoms with Gasteiger partial charge in [-0.1, -0.05) is 25.4 Å². The lowest BCUT2D eigenvalue weighted by atomic mass is 10.0. The third-order valence-electron chi connectivity index (χ3n) is 2.51. The van der Waals surface area contributed by atoms with Gasteiger partial charge in [0.1, 0.15) is 6.04 Å². The van der Waals surface area contributed by atoms with Crippen LogP contribution in [0.4, 0.5) is 0 Å². The summed E-state index contributed by atoms with van der Waals surface area (Å²) in [7, 11) is 0. The zero-order chi connectivity index (χ0) is 14.4. The summed E-state index contributed by atoms with van der Waals surface area (Å²) in [4.78, 5) is 22.7. The molecule has 0 fully saturated rings. The maximum Gasteiger partial charge on any atom is 0.326 e. The summed E-state index contributed by atoms with van der Waals surface area (Å²) in [5.74, 6) is -1.12. The number of halogens is 1. The minimum Gasteiger partial charge on any atom is -0.480 e. The minimum atomic E-state index is -1.01. The van der Waals surface area contributed by atoms with E-state index in [1.807, 2.05) is 13.8 Å². The molecule has 0 aliphatic carbocycles. The monoisotopic (exact) mass is 287 g/mol. The van der Waals surface area contributed by atoms with E-state index in [1.165, 1.54) is 6.20 Å². The number of hydrogen-bond acceptors (Lipinski definition) is 3. The highest BCUT2D eigenvalue weighted by Gasteiger charge is 2.20. The third kappa shape index (κ3) is 5.74. The highest BCUT2D eigenvalue weighted by atomic mass is 35.5. The molecule has 19 heavy (non-hydrogen) atoms. The van der Waals surface area contributed by atoms with Crippen molar-refractivity contribution in [2.24, 2.45) is 5.92 Å². The van der Waals surface area contributed by atoms with Crippen LogP contribution in [0, 0.1) is 5.92 Å². The zero-order valence-corrected chi connectivity index (χ0v) is 11.7. The van der Waals surface area contributed by atoms with Crippen LogP contribution in [0.3, 0.4) is 0 Å². The highest BCUT2D eigenvalue weighted by Crippen LogP contribution is 2.07. The number of nitrogens with one attached hydrogen (secondary N) is 1. The molecule has 1 unspecified atom stereocenters. The first-order valence-corrected chi connectivity index (χ1v) is 6.46. The molecule has 0 spiro atoms. The molecule has 0 radical (unpaired) electrons. The summed E-state index contributed by atoms with van der Waals surface area (Å²) in [5, 5.41) is 16.0. The number of nitrogens with zero attached hydrogens (tertiary/aromatic N) is 2. The van der Waals surface area contributed by atoms with Crippen molar-refractivity contribution in [3.05, 3.63) is 17.4 Å². The highest BCUT2D eigenvalue weighted by molar-refractivity contribution is 6.30. The maximum absolute atomic E-state index is 11.7. The van der Waals surface area contributed by atoms with Gasteiger partial charge in [0.15, 0.2) is 0 Å². The Morgan fingerprint density at radius 3 is 2.68 bits per heavy atom. The van der Waals surface area contributed by atoms with Crippen LogP contribution in [0.15, 0.2) is 12.4 Å². The Morgan fingerprint density at radius 1 is 1.53 bits per heavy atom. The van der Waals surface area contributed by atoms with Crippen molar-refractivity contribution in [1.82, 2.24) is 15.1 Å². The van der Waals surface area contributed by atoms with E-state index in [9.17, 15) is 9.59 Å². The minimum absolute atomic E-state index is 0.167. The van der Waals surface area contributed by atoms with Crippen LogP contribution >= 0.6 is 11.6 Å². The summed E-state index contributed by atoms with van der Waals surface area (Å²) in [6.07, 6.45) is 3.67. The molecule has 1 amide bonds. The van der Waals surface area contributed by atoms with Crippen LogP contribution in [-0.2, 0) is 16.1 Å². The summed E-state index contributed by atoms with van der Waals surface area (Å²) in [6, 6.07) is -0.839. The fraction of sp³-hybridized carbons (Fsp3) is 0.583. The Labute approximate surface area is 116 Å². The zero-order valence-electron chi connectivity index (χ0n) is 11.0. The molecular weight excluding hydrogens is 270 g/mol. The van der Waals surface area contributed by atoms with E-state index < -0.39 is 12.0 Å². The number of amides is 1. The summed E-state index contributed by atoms with van der Waals surface area (Å²) < 4.78 is 1.54. The van der Waals surface area contributed by atoms with Gasteiger partial charge in [-0.2, -0.15) is 5.10 Å². The topological polar surface area (TPSA) is 84.2 Å². The first kappa shape index (κ1) is 15.5. The Hall–Kier alpha value is -1.56. The number of rotatable bonds is 7. The van der Waals surface area contributed by atoms with Gasteiger partial charge in [0, 0.05) is 19.2 Å². The van der Waals surface area contributed by atoms with Crippen LogP contribution in [0.5, 0.6) is 0 Å². The molecule has 0 bridgehead atoms. The summed E-state index contributed by atoms with van der Waals surface area (Å²) in [5.41, 5.74) is 0. The van der Waals surface area contributed by atoms with E-state index in [1.54, 1.807) is 10.9 Å². The second-order valence-electron chi connectivity index (χ2n) is 4.76. The molecule has 6 nitrogen and oxygen atoms in total. The quantitative estimate of drug-likeness (QED) is 0.797. The lowest BCUT2D eigenvalue weighted by Gasteiger charge is -2.16. The van der Waals surface area contributed by atoms with Crippen LogP contribution in [0.2, 0.25) is 5.02 Å². The van der Waals surface area contributed by atoms with Crippen LogP contribution in [0.25, 0.3) is 0 Å². The fourth-order valence-corrected chi connectivity index (χ4v) is 1.79. The Kier molecular flexibility index (Phi) is 5.82. The molecule has 106 valence electrons. The molecule has 0 saturated heterocycles. The van der Waals surface area contributed by atoms with Crippen molar-refractivity contribution >= 4 is 23.5 Å². The first-order valence-electron chi connectivity index (χ1n) is 6.08. The van der Waals surface area contributed by atoms with Crippen molar-refractivity contribution in [2.45, 2.75) is 39.3 Å². The fourth-order valence-electron chi connectivity index (χ4n) is 1.64. The predicted molar refractivity (Wildman–Crippen MR) is 70.9 cm³/mol. The molecule has 0 aliphatic heterocycles. The van der Waals surface area contributed by atoms with E-state index in [4.69, 9.17) is 16.7 Å². The van der Waals surface area contributed by atoms with Crippen molar-refractivity contribution in [2.75, 3.05) is 0 Å². The Bertz CT molecular complexity index is 445. The average molecular weight is 288 g/mol. The maximum atomic E-state index is 11.7. The number of aromatic nitrogens is 2. The number of aliphatic carboxylic acids is 1. The number of hydrogen-bond donors (Lipinski definition) is 2. The molecule has 0 aliphatic rings. The van der Waals surface area contributed by atoms with Gasteiger partial charge < -0.3 is 10.4 Å². The van der Waals surface area contributed by atoms with Gasteiger partial charge in [-0.05, 0) is 12.3 Å². The largest absolute Gasteiger partial charge is 0.480 e. The molecule has 2 N–H and O–H groups in total. The number of aryl methyl sites for hydroxylation is 1. The van der Waals surface area contributed by atoms with Gasteiger partial charge in [0.2, 0.25) is 5.91 Å².